The van der Waals surface area contributed by atoms with Crippen molar-refractivity contribution in [1.82, 2.24) is 5.32 Å². The minimum absolute atomic E-state index is 0.0394. The van der Waals surface area contributed by atoms with E-state index in [4.69, 9.17) is 4.74 Å². The third-order valence-electron chi connectivity index (χ3n) is 2.76. The van der Waals surface area contributed by atoms with Crippen LogP contribution in [0.25, 0.3) is 0 Å². The van der Waals surface area contributed by atoms with Gasteiger partial charge in [-0.25, -0.2) is 8.42 Å². The van der Waals surface area contributed by atoms with E-state index in [9.17, 15) is 8.42 Å². The van der Waals surface area contributed by atoms with Crippen molar-refractivity contribution in [2.45, 2.75) is 19.4 Å². The number of rotatable bonds is 7. The summed E-state index contributed by atoms with van der Waals surface area (Å²) in [5, 5.41) is 3.22. The van der Waals surface area contributed by atoms with E-state index in [0.29, 0.717) is 0 Å². The SMILES string of the molecule is CCC(NC)c1ccccc1OCCS(C)(=O)=O. The molecule has 0 aliphatic carbocycles. The van der Waals surface area contributed by atoms with Crippen molar-refractivity contribution in [3.8, 4) is 5.75 Å². The van der Waals surface area contributed by atoms with Crippen LogP contribution in [0.5, 0.6) is 5.75 Å². The summed E-state index contributed by atoms with van der Waals surface area (Å²) in [5.41, 5.74) is 1.07. The van der Waals surface area contributed by atoms with E-state index < -0.39 is 9.84 Å². The Morgan fingerprint density at radius 3 is 2.56 bits per heavy atom. The predicted octanol–water partition coefficient (Wildman–Crippen LogP) is 1.78. The van der Waals surface area contributed by atoms with Crippen LogP contribution in [0.4, 0.5) is 0 Å². The van der Waals surface area contributed by atoms with E-state index in [2.05, 4.69) is 12.2 Å². The highest BCUT2D eigenvalue weighted by Gasteiger charge is 2.12. The monoisotopic (exact) mass is 271 g/mol. The highest BCUT2D eigenvalue weighted by Crippen LogP contribution is 2.26. The molecule has 0 spiro atoms. The molecule has 0 radical (unpaired) electrons. The highest BCUT2D eigenvalue weighted by molar-refractivity contribution is 7.90. The lowest BCUT2D eigenvalue weighted by atomic mass is 10.0. The number of para-hydroxylation sites is 1. The first kappa shape index (κ1) is 15.0. The molecule has 18 heavy (non-hydrogen) atoms. The number of nitrogens with one attached hydrogen (secondary N) is 1. The molecule has 1 aromatic carbocycles. The van der Waals surface area contributed by atoms with Crippen LogP contribution in [0.3, 0.4) is 0 Å². The largest absolute Gasteiger partial charge is 0.492 e. The van der Waals surface area contributed by atoms with Gasteiger partial charge in [0.25, 0.3) is 0 Å². The molecule has 0 aromatic heterocycles. The molecule has 0 heterocycles. The molecule has 4 nitrogen and oxygen atoms in total. The van der Waals surface area contributed by atoms with Crippen LogP contribution in [-0.4, -0.2) is 34.1 Å². The molecule has 0 bridgehead atoms. The fourth-order valence-electron chi connectivity index (χ4n) is 1.78. The summed E-state index contributed by atoms with van der Waals surface area (Å²) in [7, 11) is -1.07. The molecule has 1 rings (SSSR count). The van der Waals surface area contributed by atoms with Crippen molar-refractivity contribution in [2.24, 2.45) is 0 Å². The molecular weight excluding hydrogens is 250 g/mol. The van der Waals surface area contributed by atoms with E-state index in [-0.39, 0.29) is 18.4 Å². The van der Waals surface area contributed by atoms with E-state index in [1.54, 1.807) is 0 Å². The lowest BCUT2D eigenvalue weighted by molar-refractivity contribution is 0.332. The van der Waals surface area contributed by atoms with Crippen LogP contribution in [0.15, 0.2) is 24.3 Å². The topological polar surface area (TPSA) is 55.4 Å². The van der Waals surface area contributed by atoms with E-state index >= 15 is 0 Å². The fraction of sp³-hybridized carbons (Fsp3) is 0.538. The average Bonchev–Trinajstić information content (AvgIpc) is 2.31. The van der Waals surface area contributed by atoms with E-state index in [1.165, 1.54) is 6.26 Å². The first-order chi connectivity index (χ1) is 8.48. The molecule has 0 saturated heterocycles. The van der Waals surface area contributed by atoms with Gasteiger partial charge >= 0.3 is 0 Å². The lowest BCUT2D eigenvalue weighted by Gasteiger charge is -2.18. The van der Waals surface area contributed by atoms with Gasteiger partial charge in [-0.05, 0) is 19.5 Å². The Hall–Kier alpha value is -1.07. The third-order valence-corrected chi connectivity index (χ3v) is 3.67. The van der Waals surface area contributed by atoms with Gasteiger partial charge in [0.2, 0.25) is 0 Å². The minimum atomic E-state index is -2.98. The second-order valence-electron chi connectivity index (χ2n) is 4.27. The molecule has 1 aromatic rings. The Morgan fingerprint density at radius 1 is 1.33 bits per heavy atom. The molecule has 1 N–H and O–H groups in total. The third kappa shape index (κ3) is 4.66. The van der Waals surface area contributed by atoms with Gasteiger partial charge in [-0.1, -0.05) is 25.1 Å². The summed E-state index contributed by atoms with van der Waals surface area (Å²) >= 11 is 0. The van der Waals surface area contributed by atoms with Crippen LogP contribution in [0.2, 0.25) is 0 Å². The zero-order valence-electron chi connectivity index (χ0n) is 11.1. The Morgan fingerprint density at radius 2 is 2.00 bits per heavy atom. The van der Waals surface area contributed by atoms with Gasteiger partial charge in [0.15, 0.2) is 9.84 Å². The Kier molecular flexibility index (Phi) is 5.62. The van der Waals surface area contributed by atoms with Gasteiger partial charge in [0.1, 0.15) is 12.4 Å². The van der Waals surface area contributed by atoms with Crippen LogP contribution in [0.1, 0.15) is 24.9 Å². The lowest BCUT2D eigenvalue weighted by Crippen LogP contribution is -2.18. The first-order valence-corrected chi connectivity index (χ1v) is 8.10. The zero-order chi connectivity index (χ0) is 13.6. The maximum atomic E-state index is 11.1. The smallest absolute Gasteiger partial charge is 0.150 e. The fourth-order valence-corrected chi connectivity index (χ4v) is 2.17. The molecule has 0 amide bonds. The summed E-state index contributed by atoms with van der Waals surface area (Å²) in [6.07, 6.45) is 2.16. The van der Waals surface area contributed by atoms with Crippen LogP contribution >= 0.6 is 0 Å². The standard InChI is InChI=1S/C13H21NO3S/c1-4-12(14-2)11-7-5-6-8-13(11)17-9-10-18(3,15)16/h5-8,12,14H,4,9-10H2,1-3H3. The van der Waals surface area contributed by atoms with Crippen LogP contribution in [-0.2, 0) is 9.84 Å². The van der Waals surface area contributed by atoms with Crippen molar-refractivity contribution in [1.29, 1.82) is 0 Å². The van der Waals surface area contributed by atoms with Crippen molar-refractivity contribution in [2.75, 3.05) is 25.7 Å². The quantitative estimate of drug-likeness (QED) is 0.821. The van der Waals surface area contributed by atoms with E-state index in [0.717, 1.165) is 17.7 Å². The summed E-state index contributed by atoms with van der Waals surface area (Å²) in [6.45, 7) is 2.28. The zero-order valence-corrected chi connectivity index (χ0v) is 12.0. The molecule has 0 fully saturated rings. The summed E-state index contributed by atoms with van der Waals surface area (Å²) in [6, 6.07) is 7.94. The second-order valence-corrected chi connectivity index (χ2v) is 6.53. The van der Waals surface area contributed by atoms with Crippen LogP contribution in [0, 0.1) is 0 Å². The van der Waals surface area contributed by atoms with Gasteiger partial charge in [0, 0.05) is 17.9 Å². The summed E-state index contributed by atoms with van der Waals surface area (Å²) in [4.78, 5) is 0. The van der Waals surface area contributed by atoms with Gasteiger partial charge in [-0.15, -0.1) is 0 Å². The van der Waals surface area contributed by atoms with Gasteiger partial charge < -0.3 is 10.1 Å². The van der Waals surface area contributed by atoms with Gasteiger partial charge in [-0.2, -0.15) is 0 Å². The maximum absolute atomic E-state index is 11.1. The number of ether oxygens (including phenoxy) is 1. The van der Waals surface area contributed by atoms with Crippen LogP contribution < -0.4 is 10.1 Å². The molecule has 1 atom stereocenters. The molecule has 0 saturated carbocycles. The molecule has 5 heteroatoms. The molecule has 0 aliphatic rings. The molecular formula is C13H21NO3S. The second kappa shape index (κ2) is 6.75. The molecule has 102 valence electrons. The first-order valence-electron chi connectivity index (χ1n) is 6.04. The average molecular weight is 271 g/mol. The van der Waals surface area contributed by atoms with Crippen molar-refractivity contribution in [3.63, 3.8) is 0 Å². The Bertz CT molecular complexity index is 467. The number of hydrogen-bond acceptors (Lipinski definition) is 4. The molecule has 0 aliphatic heterocycles. The number of sulfone groups is 1. The summed E-state index contributed by atoms with van der Waals surface area (Å²) < 4.78 is 27.7. The number of hydrogen-bond donors (Lipinski definition) is 1. The Balaban J connectivity index is 2.76. The van der Waals surface area contributed by atoms with Crippen molar-refractivity contribution in [3.05, 3.63) is 29.8 Å². The van der Waals surface area contributed by atoms with Gasteiger partial charge in [-0.3, -0.25) is 0 Å². The van der Waals surface area contributed by atoms with Gasteiger partial charge in [0.05, 0.1) is 5.75 Å². The Labute approximate surface area is 109 Å². The van der Waals surface area contributed by atoms with Crippen molar-refractivity contribution >= 4 is 9.84 Å². The highest BCUT2D eigenvalue weighted by atomic mass is 32.2. The normalized spacial score (nSPS) is 13.3. The minimum Gasteiger partial charge on any atom is -0.492 e. The summed E-state index contributed by atoms with van der Waals surface area (Å²) in [5.74, 6) is 0.792. The van der Waals surface area contributed by atoms with E-state index in [1.807, 2.05) is 31.3 Å². The van der Waals surface area contributed by atoms with Crippen molar-refractivity contribution < 1.29 is 13.2 Å². The molecule has 1 unspecified atom stereocenters. The number of benzene rings is 1. The maximum Gasteiger partial charge on any atom is 0.150 e. The predicted molar refractivity (Wildman–Crippen MR) is 73.7 cm³/mol.